The van der Waals surface area contributed by atoms with Gasteiger partial charge >= 0.3 is 0 Å². The van der Waals surface area contributed by atoms with E-state index in [9.17, 15) is 4.79 Å². The van der Waals surface area contributed by atoms with Crippen LogP contribution in [-0.4, -0.2) is 15.9 Å². The maximum Gasteiger partial charge on any atom is 0.274 e. The smallest absolute Gasteiger partial charge is 0.274 e. The van der Waals surface area contributed by atoms with E-state index >= 15 is 0 Å². The highest BCUT2D eigenvalue weighted by Crippen LogP contribution is 2.13. The lowest BCUT2D eigenvalue weighted by molar-refractivity contribution is 0.102. The summed E-state index contributed by atoms with van der Waals surface area (Å²) < 4.78 is 0. The lowest BCUT2D eigenvalue weighted by Crippen LogP contribution is -2.14. The third kappa shape index (κ3) is 4.41. The Morgan fingerprint density at radius 2 is 1.76 bits per heavy atom. The van der Waals surface area contributed by atoms with Crippen LogP contribution in [0.25, 0.3) is 0 Å². The van der Waals surface area contributed by atoms with Gasteiger partial charge in [0.1, 0.15) is 17.8 Å². The van der Waals surface area contributed by atoms with E-state index < -0.39 is 0 Å². The van der Waals surface area contributed by atoms with Crippen LogP contribution in [-0.2, 0) is 6.54 Å². The molecule has 2 N–H and O–H groups in total. The Morgan fingerprint density at radius 1 is 1.00 bits per heavy atom. The first-order valence-electron chi connectivity index (χ1n) is 8.10. The van der Waals surface area contributed by atoms with Gasteiger partial charge in [0.2, 0.25) is 0 Å². The fourth-order valence-corrected chi connectivity index (χ4v) is 2.40. The van der Waals surface area contributed by atoms with Crippen molar-refractivity contribution < 1.29 is 4.79 Å². The van der Waals surface area contributed by atoms with Gasteiger partial charge in [-0.3, -0.25) is 4.79 Å². The van der Waals surface area contributed by atoms with E-state index in [0.717, 1.165) is 11.3 Å². The third-order valence-electron chi connectivity index (χ3n) is 3.93. The Balaban J connectivity index is 1.67. The molecule has 0 aliphatic heterocycles. The molecule has 3 aromatic rings. The first-order chi connectivity index (χ1) is 12.1. The van der Waals surface area contributed by atoms with Crippen LogP contribution < -0.4 is 10.6 Å². The summed E-state index contributed by atoms with van der Waals surface area (Å²) in [5.74, 6) is 0.359. The number of benzene rings is 2. The average molecular weight is 332 g/mol. The summed E-state index contributed by atoms with van der Waals surface area (Å²) in [6, 6.07) is 17.4. The highest BCUT2D eigenvalue weighted by atomic mass is 16.1. The molecular weight excluding hydrogens is 312 g/mol. The molecule has 1 aromatic heterocycles. The zero-order chi connectivity index (χ0) is 17.6. The van der Waals surface area contributed by atoms with Crippen LogP contribution in [0.4, 0.5) is 11.5 Å². The van der Waals surface area contributed by atoms with Crippen molar-refractivity contribution in [2.24, 2.45) is 0 Å². The van der Waals surface area contributed by atoms with Crippen molar-refractivity contribution >= 4 is 17.4 Å². The summed E-state index contributed by atoms with van der Waals surface area (Å²) in [5.41, 5.74) is 4.60. The minimum atomic E-state index is -0.259. The second kappa shape index (κ2) is 7.57. The van der Waals surface area contributed by atoms with E-state index in [1.54, 1.807) is 6.07 Å². The number of hydrogen-bond acceptors (Lipinski definition) is 4. The predicted octanol–water partition coefficient (Wildman–Crippen LogP) is 3.96. The van der Waals surface area contributed by atoms with Crippen LogP contribution >= 0.6 is 0 Å². The molecule has 0 bridgehead atoms. The Bertz CT molecular complexity index is 875. The molecule has 0 radical (unpaired) electrons. The number of nitrogens with one attached hydrogen (secondary N) is 2. The summed E-state index contributed by atoms with van der Waals surface area (Å²) in [6.45, 7) is 4.71. The third-order valence-corrected chi connectivity index (χ3v) is 3.93. The van der Waals surface area contributed by atoms with Gasteiger partial charge in [-0.2, -0.15) is 0 Å². The molecular formula is C20H20N4O. The number of nitrogens with zero attached hydrogens (tertiary/aromatic N) is 2. The van der Waals surface area contributed by atoms with Gasteiger partial charge in [-0.15, -0.1) is 0 Å². The molecule has 0 saturated heterocycles. The van der Waals surface area contributed by atoms with Crippen molar-refractivity contribution in [2.75, 3.05) is 10.6 Å². The Kier molecular flexibility index (Phi) is 5.04. The molecule has 126 valence electrons. The zero-order valence-electron chi connectivity index (χ0n) is 14.3. The van der Waals surface area contributed by atoms with Crippen LogP contribution in [0.15, 0.2) is 60.9 Å². The van der Waals surface area contributed by atoms with Crippen LogP contribution in [0.2, 0.25) is 0 Å². The number of carbonyl (C=O) groups is 1. The standard InChI is InChI=1S/C20H20N4O/c1-14-7-9-17(10-8-14)24-20(25)18-11-19(23-13-22-18)21-12-16-6-4-3-5-15(16)2/h3-11,13H,12H2,1-2H3,(H,24,25)(H,21,22,23). The van der Waals surface area contributed by atoms with Crippen molar-refractivity contribution in [1.82, 2.24) is 9.97 Å². The van der Waals surface area contributed by atoms with E-state index in [1.807, 2.05) is 43.3 Å². The molecule has 0 saturated carbocycles. The molecule has 0 aliphatic rings. The maximum absolute atomic E-state index is 12.4. The summed E-state index contributed by atoms with van der Waals surface area (Å²) >= 11 is 0. The van der Waals surface area contributed by atoms with Crippen molar-refractivity contribution in [1.29, 1.82) is 0 Å². The molecule has 3 rings (SSSR count). The molecule has 0 unspecified atom stereocenters. The molecule has 0 spiro atoms. The fourth-order valence-electron chi connectivity index (χ4n) is 2.40. The quantitative estimate of drug-likeness (QED) is 0.742. The van der Waals surface area contributed by atoms with Gasteiger partial charge in [-0.05, 0) is 37.1 Å². The molecule has 0 fully saturated rings. The van der Waals surface area contributed by atoms with E-state index in [2.05, 4.69) is 39.7 Å². The van der Waals surface area contributed by atoms with Gasteiger partial charge in [0.05, 0.1) is 0 Å². The molecule has 1 heterocycles. The number of anilines is 2. The van der Waals surface area contributed by atoms with Crippen LogP contribution in [0.5, 0.6) is 0 Å². The number of rotatable bonds is 5. The lowest BCUT2D eigenvalue weighted by atomic mass is 10.1. The summed E-state index contributed by atoms with van der Waals surface area (Å²) in [6.07, 6.45) is 1.39. The van der Waals surface area contributed by atoms with Gasteiger partial charge in [0, 0.05) is 18.3 Å². The number of amides is 1. The van der Waals surface area contributed by atoms with Gasteiger partial charge in [-0.25, -0.2) is 9.97 Å². The highest BCUT2D eigenvalue weighted by molar-refractivity contribution is 6.03. The first-order valence-corrected chi connectivity index (χ1v) is 8.10. The second-order valence-corrected chi connectivity index (χ2v) is 5.89. The topological polar surface area (TPSA) is 66.9 Å². The minimum Gasteiger partial charge on any atom is -0.366 e. The van der Waals surface area contributed by atoms with Gasteiger partial charge in [0.15, 0.2) is 0 Å². The number of aryl methyl sites for hydroxylation is 2. The average Bonchev–Trinajstić information content (AvgIpc) is 2.63. The molecule has 25 heavy (non-hydrogen) atoms. The number of hydrogen-bond donors (Lipinski definition) is 2. The van der Waals surface area contributed by atoms with E-state index in [-0.39, 0.29) is 5.91 Å². The second-order valence-electron chi connectivity index (χ2n) is 5.89. The highest BCUT2D eigenvalue weighted by Gasteiger charge is 2.09. The monoisotopic (exact) mass is 332 g/mol. The first kappa shape index (κ1) is 16.6. The summed E-state index contributed by atoms with van der Waals surface area (Å²) in [4.78, 5) is 20.6. The lowest BCUT2D eigenvalue weighted by Gasteiger charge is -2.09. The molecule has 0 atom stereocenters. The van der Waals surface area contributed by atoms with Crippen LogP contribution in [0, 0.1) is 13.8 Å². The molecule has 5 nitrogen and oxygen atoms in total. The van der Waals surface area contributed by atoms with Crippen molar-refractivity contribution in [3.8, 4) is 0 Å². The zero-order valence-corrected chi connectivity index (χ0v) is 14.3. The molecule has 2 aromatic carbocycles. The van der Waals surface area contributed by atoms with Crippen molar-refractivity contribution in [3.63, 3.8) is 0 Å². The van der Waals surface area contributed by atoms with Crippen molar-refractivity contribution in [3.05, 3.63) is 83.3 Å². The van der Waals surface area contributed by atoms with Gasteiger partial charge in [0.25, 0.3) is 5.91 Å². The number of carbonyl (C=O) groups excluding carboxylic acids is 1. The Morgan fingerprint density at radius 3 is 2.52 bits per heavy atom. The van der Waals surface area contributed by atoms with Crippen molar-refractivity contribution in [2.45, 2.75) is 20.4 Å². The van der Waals surface area contributed by atoms with Crippen LogP contribution in [0.1, 0.15) is 27.2 Å². The summed E-state index contributed by atoms with van der Waals surface area (Å²) in [7, 11) is 0. The normalized spacial score (nSPS) is 10.3. The maximum atomic E-state index is 12.4. The fraction of sp³-hybridized carbons (Fsp3) is 0.150. The van der Waals surface area contributed by atoms with E-state index in [1.165, 1.54) is 17.5 Å². The molecule has 1 amide bonds. The van der Waals surface area contributed by atoms with E-state index in [0.29, 0.717) is 18.1 Å². The van der Waals surface area contributed by atoms with Gasteiger partial charge < -0.3 is 10.6 Å². The number of aromatic nitrogens is 2. The predicted molar refractivity (Wildman–Crippen MR) is 99.7 cm³/mol. The molecule has 0 aliphatic carbocycles. The Hall–Kier alpha value is -3.21. The summed E-state index contributed by atoms with van der Waals surface area (Å²) in [5, 5.41) is 6.08. The molecule has 5 heteroatoms. The SMILES string of the molecule is Cc1ccc(NC(=O)c2cc(NCc3ccccc3C)ncn2)cc1. The van der Waals surface area contributed by atoms with Crippen LogP contribution in [0.3, 0.4) is 0 Å². The van der Waals surface area contributed by atoms with E-state index in [4.69, 9.17) is 0 Å². The minimum absolute atomic E-state index is 0.259. The largest absolute Gasteiger partial charge is 0.366 e. The Labute approximate surface area is 147 Å². The van der Waals surface area contributed by atoms with Gasteiger partial charge in [-0.1, -0.05) is 42.0 Å².